The first-order chi connectivity index (χ1) is 14.3. The van der Waals surface area contributed by atoms with Gasteiger partial charge in [0.15, 0.2) is 5.45 Å². The standard InChI is InChI=1S/C21H25Cl2N2O4P/c1-4-28-30(27,29-5-2)21(25-24-20-18(22)12-9-13-19(20)23)17(14-15(3)26)16-10-7-6-8-11-16/h6-13,17,24H,4-5,14H2,1-3H3/b25-21+. The summed E-state index contributed by atoms with van der Waals surface area (Å²) in [7, 11) is -3.83. The first-order valence-corrected chi connectivity index (χ1v) is 11.8. The van der Waals surface area contributed by atoms with Gasteiger partial charge in [-0.25, -0.2) is 0 Å². The van der Waals surface area contributed by atoms with E-state index < -0.39 is 13.5 Å². The molecule has 0 aliphatic rings. The van der Waals surface area contributed by atoms with Gasteiger partial charge in [-0.1, -0.05) is 59.6 Å². The Hall–Kier alpha value is -1.69. The van der Waals surface area contributed by atoms with Gasteiger partial charge in [0.1, 0.15) is 5.78 Å². The summed E-state index contributed by atoms with van der Waals surface area (Å²) in [6, 6.07) is 14.2. The van der Waals surface area contributed by atoms with Gasteiger partial charge in [-0.3, -0.25) is 14.8 Å². The maximum absolute atomic E-state index is 13.7. The second-order valence-electron chi connectivity index (χ2n) is 6.38. The summed E-state index contributed by atoms with van der Waals surface area (Å²) in [6.45, 7) is 5.18. The summed E-state index contributed by atoms with van der Waals surface area (Å²) in [5.41, 5.74) is 4.01. The molecule has 0 spiro atoms. The SMILES string of the molecule is CCOP(=O)(OCC)/C(=N/Nc1c(Cl)cccc1Cl)C(CC(C)=O)c1ccccc1. The minimum Gasteiger partial charge on any atom is -0.305 e. The van der Waals surface area contributed by atoms with Gasteiger partial charge < -0.3 is 9.05 Å². The number of rotatable bonds is 11. The van der Waals surface area contributed by atoms with Crippen LogP contribution in [-0.2, 0) is 18.4 Å². The van der Waals surface area contributed by atoms with Crippen LogP contribution in [0.3, 0.4) is 0 Å². The highest BCUT2D eigenvalue weighted by Crippen LogP contribution is 2.54. The van der Waals surface area contributed by atoms with Crippen LogP contribution in [0.25, 0.3) is 0 Å². The molecule has 0 aliphatic carbocycles. The molecule has 0 aromatic heterocycles. The Bertz CT molecular complexity index is 908. The molecule has 9 heteroatoms. The zero-order chi connectivity index (χ0) is 22.1. The van der Waals surface area contributed by atoms with Crippen molar-refractivity contribution in [3.05, 3.63) is 64.1 Å². The summed E-state index contributed by atoms with van der Waals surface area (Å²) < 4.78 is 24.8. The smallest absolute Gasteiger partial charge is 0.305 e. The second kappa shape index (κ2) is 11.6. The molecule has 1 N–H and O–H groups in total. The molecule has 6 nitrogen and oxygen atoms in total. The van der Waals surface area contributed by atoms with Gasteiger partial charge >= 0.3 is 7.60 Å². The van der Waals surface area contributed by atoms with E-state index in [1.165, 1.54) is 6.92 Å². The van der Waals surface area contributed by atoms with E-state index in [1.807, 2.05) is 30.3 Å². The number of hydrazone groups is 1. The third kappa shape index (κ3) is 6.40. The number of ketones is 1. The van der Waals surface area contributed by atoms with Crippen LogP contribution in [0.1, 0.15) is 38.7 Å². The van der Waals surface area contributed by atoms with Gasteiger partial charge in [0.05, 0.1) is 28.9 Å². The number of carbonyl (C=O) groups excluding carboxylic acids is 1. The lowest BCUT2D eigenvalue weighted by Gasteiger charge is -2.25. The van der Waals surface area contributed by atoms with Crippen molar-refractivity contribution in [1.29, 1.82) is 0 Å². The van der Waals surface area contributed by atoms with E-state index in [1.54, 1.807) is 32.0 Å². The van der Waals surface area contributed by atoms with E-state index in [2.05, 4.69) is 10.5 Å². The Morgan fingerprint density at radius 2 is 1.60 bits per heavy atom. The highest BCUT2D eigenvalue weighted by Gasteiger charge is 2.39. The predicted molar refractivity (Wildman–Crippen MR) is 123 cm³/mol. The molecule has 0 aliphatic heterocycles. The van der Waals surface area contributed by atoms with E-state index in [4.69, 9.17) is 32.2 Å². The Morgan fingerprint density at radius 1 is 1.03 bits per heavy atom. The van der Waals surface area contributed by atoms with Crippen LogP contribution in [0.2, 0.25) is 10.0 Å². The van der Waals surface area contributed by atoms with Gasteiger partial charge in [-0.2, -0.15) is 5.10 Å². The summed E-state index contributed by atoms with van der Waals surface area (Å²) in [5.74, 6) is -0.715. The maximum Gasteiger partial charge on any atom is 0.377 e. The number of halogens is 2. The van der Waals surface area contributed by atoms with Crippen molar-refractivity contribution >= 4 is 47.7 Å². The Kier molecular flexibility index (Phi) is 9.53. The number of hydrogen-bond donors (Lipinski definition) is 1. The Balaban J connectivity index is 2.63. The molecule has 162 valence electrons. The number of anilines is 1. The first kappa shape index (κ1) is 24.6. The van der Waals surface area contributed by atoms with Gasteiger partial charge in [-0.15, -0.1) is 0 Å². The maximum atomic E-state index is 13.7. The van der Waals surface area contributed by atoms with Crippen LogP contribution in [0.5, 0.6) is 0 Å². The highest BCUT2D eigenvalue weighted by atomic mass is 35.5. The fraction of sp³-hybridized carbons (Fsp3) is 0.333. The molecule has 0 amide bonds. The van der Waals surface area contributed by atoms with Crippen molar-refractivity contribution in [2.45, 2.75) is 33.1 Å². The molecule has 2 rings (SSSR count). The monoisotopic (exact) mass is 470 g/mol. The largest absolute Gasteiger partial charge is 0.377 e. The van der Waals surface area contributed by atoms with Crippen LogP contribution >= 0.6 is 30.8 Å². The lowest BCUT2D eigenvalue weighted by molar-refractivity contribution is -0.117. The van der Waals surface area contributed by atoms with Crippen molar-refractivity contribution in [2.75, 3.05) is 18.6 Å². The van der Waals surface area contributed by atoms with Gasteiger partial charge in [0, 0.05) is 12.3 Å². The molecule has 2 aromatic carbocycles. The van der Waals surface area contributed by atoms with Gasteiger partial charge in [-0.05, 0) is 38.5 Å². The molecule has 0 heterocycles. The number of hydrogen-bond acceptors (Lipinski definition) is 6. The number of benzene rings is 2. The zero-order valence-corrected chi connectivity index (χ0v) is 19.5. The van der Waals surface area contributed by atoms with E-state index >= 15 is 0 Å². The minimum atomic E-state index is -3.83. The van der Waals surface area contributed by atoms with Crippen molar-refractivity contribution < 1.29 is 18.4 Å². The lowest BCUT2D eigenvalue weighted by atomic mass is 9.95. The molecule has 0 radical (unpaired) electrons. The molecular weight excluding hydrogens is 446 g/mol. The predicted octanol–water partition coefficient (Wildman–Crippen LogP) is 6.75. The molecule has 30 heavy (non-hydrogen) atoms. The van der Waals surface area contributed by atoms with Crippen LogP contribution in [0, 0.1) is 0 Å². The summed E-state index contributed by atoms with van der Waals surface area (Å²) in [5, 5.41) is 5.07. The van der Waals surface area contributed by atoms with Crippen LogP contribution in [0.4, 0.5) is 5.69 Å². The normalized spacial score (nSPS) is 13.2. The van der Waals surface area contributed by atoms with E-state index in [9.17, 15) is 9.36 Å². The average Bonchev–Trinajstić information content (AvgIpc) is 2.70. The number of carbonyl (C=O) groups is 1. The quantitative estimate of drug-likeness (QED) is 0.223. The molecule has 0 saturated carbocycles. The van der Waals surface area contributed by atoms with E-state index in [0.717, 1.165) is 5.56 Å². The van der Waals surface area contributed by atoms with Crippen LogP contribution in [-0.4, -0.2) is 24.4 Å². The van der Waals surface area contributed by atoms with Crippen LogP contribution < -0.4 is 5.43 Å². The van der Waals surface area contributed by atoms with Crippen molar-refractivity contribution in [1.82, 2.24) is 0 Å². The fourth-order valence-electron chi connectivity index (χ4n) is 2.89. The first-order valence-electron chi connectivity index (χ1n) is 9.54. The third-order valence-corrected chi connectivity index (χ3v) is 6.93. The van der Waals surface area contributed by atoms with Gasteiger partial charge in [0.25, 0.3) is 0 Å². The topological polar surface area (TPSA) is 77.0 Å². The average molecular weight is 471 g/mol. The zero-order valence-electron chi connectivity index (χ0n) is 17.1. The van der Waals surface area contributed by atoms with Crippen molar-refractivity contribution in [2.24, 2.45) is 5.10 Å². The van der Waals surface area contributed by atoms with E-state index in [0.29, 0.717) is 15.7 Å². The molecule has 0 bridgehead atoms. The van der Waals surface area contributed by atoms with Crippen LogP contribution in [0.15, 0.2) is 53.6 Å². The summed E-state index contributed by atoms with van der Waals surface area (Å²) in [4.78, 5) is 12.1. The molecule has 0 saturated heterocycles. The second-order valence-corrected chi connectivity index (χ2v) is 9.16. The lowest BCUT2D eigenvalue weighted by Crippen LogP contribution is -2.20. The highest BCUT2D eigenvalue weighted by molar-refractivity contribution is 7.72. The van der Waals surface area contributed by atoms with Gasteiger partial charge in [0.2, 0.25) is 0 Å². The summed E-state index contributed by atoms with van der Waals surface area (Å²) >= 11 is 12.5. The Labute approximate surface area is 187 Å². The number of nitrogens with zero attached hydrogens (tertiary/aromatic N) is 1. The molecule has 0 fully saturated rings. The Morgan fingerprint density at radius 3 is 2.10 bits per heavy atom. The summed E-state index contributed by atoms with van der Waals surface area (Å²) in [6.07, 6.45) is 0.0743. The number of nitrogens with one attached hydrogen (secondary N) is 1. The third-order valence-electron chi connectivity index (χ3n) is 4.13. The van der Waals surface area contributed by atoms with E-state index in [-0.39, 0.29) is 30.9 Å². The number of Topliss-reactive ketones (excluding diaryl/α,β-unsaturated/α-hetero) is 1. The number of para-hydroxylation sites is 1. The van der Waals surface area contributed by atoms with Crippen molar-refractivity contribution in [3.63, 3.8) is 0 Å². The minimum absolute atomic E-state index is 0.0743. The molecule has 2 aromatic rings. The molecular formula is C21H25Cl2N2O4P. The molecule has 1 atom stereocenters. The fourth-order valence-corrected chi connectivity index (χ4v) is 5.18. The van der Waals surface area contributed by atoms with Crippen molar-refractivity contribution in [3.8, 4) is 0 Å². The molecule has 1 unspecified atom stereocenters.